The van der Waals surface area contributed by atoms with Gasteiger partial charge in [-0.25, -0.2) is 4.70 Å². The smallest absolute Gasteiger partial charge is 0.211 e. The van der Waals surface area contributed by atoms with Crippen molar-refractivity contribution in [3.63, 3.8) is 0 Å². The second-order valence-electron chi connectivity index (χ2n) is 17.1. The van der Waals surface area contributed by atoms with E-state index in [1.165, 1.54) is 157 Å². The zero-order valence-electron chi connectivity index (χ0n) is 38.0. The molecule has 56 heavy (non-hydrogen) atoms. The molecule has 1 heterocycles. The number of allylic oxidation sites excluding steroid dienone is 2. The predicted molar refractivity (Wildman–Crippen MR) is 244 cm³/mol. The van der Waals surface area contributed by atoms with Crippen LogP contribution in [0.4, 0.5) is 0 Å². The number of rotatable bonds is 31. The zero-order valence-corrected chi connectivity index (χ0v) is 39.0. The Morgan fingerprint density at radius 3 is 0.929 bits per heavy atom. The molecular formula is C53H86N2Ni. The summed E-state index contributed by atoms with van der Waals surface area (Å²) in [6, 6.07) is 10.2. The number of unbranched alkanes of at least 4 members (excludes halogenated alkanes) is 13. The standard InChI is InChI=1S/C53H86N2.Ni/c1-9-17-25-28-35-48-42(30-20-12-4)38-46(39-43(48)31-21-13-5)52-50(34-24-16-8)51(37-27-19-11-3)53(55(52)54)47-40-44(32-22-14-6)49(36-29-26-18-10-2)45(41-47)33-23-15-7;/h38-41H,9-37H2,1-8H3;. The van der Waals surface area contributed by atoms with Gasteiger partial charge >= 0.3 is 0 Å². The molecule has 1 aliphatic heterocycles. The molecule has 2 nitrogen and oxygen atoms in total. The van der Waals surface area contributed by atoms with Gasteiger partial charge < -0.3 is 5.53 Å². The monoisotopic (exact) mass is 809 g/mol. The number of hydrogen-bond donors (Lipinski definition) is 0. The third-order valence-electron chi connectivity index (χ3n) is 12.3. The van der Waals surface area contributed by atoms with Crippen molar-refractivity contribution in [2.24, 2.45) is 0 Å². The van der Waals surface area contributed by atoms with Crippen LogP contribution < -0.4 is 0 Å². The topological polar surface area (TPSA) is 25.3 Å². The van der Waals surface area contributed by atoms with Crippen LogP contribution in [0.15, 0.2) is 35.4 Å². The van der Waals surface area contributed by atoms with Gasteiger partial charge in [0, 0.05) is 38.8 Å². The minimum atomic E-state index is 0. The molecule has 0 spiro atoms. The molecular weight excluding hydrogens is 723 g/mol. The largest absolute Gasteiger partial charge is 0.493 e. The van der Waals surface area contributed by atoms with E-state index in [0.717, 1.165) is 62.8 Å². The second kappa shape index (κ2) is 29.3. The van der Waals surface area contributed by atoms with Crippen LogP contribution >= 0.6 is 0 Å². The first kappa shape index (κ1) is 50.2. The molecule has 318 valence electrons. The summed E-state index contributed by atoms with van der Waals surface area (Å²) >= 11 is 0. The van der Waals surface area contributed by atoms with E-state index in [4.69, 9.17) is 0 Å². The second-order valence-corrected chi connectivity index (χ2v) is 17.1. The van der Waals surface area contributed by atoms with E-state index in [1.54, 1.807) is 38.1 Å². The van der Waals surface area contributed by atoms with Crippen molar-refractivity contribution < 1.29 is 21.2 Å². The van der Waals surface area contributed by atoms with Crippen LogP contribution in [-0.2, 0) is 55.0 Å². The number of nitrogens with zero attached hydrogens (tertiary/aromatic N) is 2. The van der Waals surface area contributed by atoms with Crippen molar-refractivity contribution in [2.75, 3.05) is 0 Å². The fraction of sp³-hybridized carbons (Fsp3) is 0.698. The Hall–Kier alpha value is -1.99. The summed E-state index contributed by atoms with van der Waals surface area (Å²) in [5.74, 6) is 0. The van der Waals surface area contributed by atoms with Gasteiger partial charge in [-0.1, -0.05) is 139 Å². The van der Waals surface area contributed by atoms with E-state index >= 15 is 0 Å². The molecule has 2 aromatic rings. The summed E-state index contributed by atoms with van der Waals surface area (Å²) in [4.78, 5) is 0. The molecule has 0 N–H and O–H groups in total. The normalized spacial score (nSPS) is 13.0. The maximum atomic E-state index is 12.9. The Labute approximate surface area is 358 Å². The molecule has 0 saturated carbocycles. The first-order valence-electron chi connectivity index (χ1n) is 24.2. The quantitative estimate of drug-likeness (QED) is 0.0412. The minimum Gasteiger partial charge on any atom is -0.493 e. The summed E-state index contributed by atoms with van der Waals surface area (Å²) in [6.45, 7) is 18.6. The molecule has 0 unspecified atom stereocenters. The molecule has 0 aliphatic carbocycles. The van der Waals surface area contributed by atoms with Crippen molar-refractivity contribution in [1.82, 2.24) is 0 Å². The van der Waals surface area contributed by atoms with Crippen molar-refractivity contribution in [2.45, 2.75) is 242 Å². The van der Waals surface area contributed by atoms with Crippen LogP contribution in [0.2, 0.25) is 0 Å². The van der Waals surface area contributed by atoms with E-state index in [-0.39, 0.29) is 16.5 Å². The van der Waals surface area contributed by atoms with Crippen LogP contribution in [0.1, 0.15) is 248 Å². The third kappa shape index (κ3) is 15.0. The van der Waals surface area contributed by atoms with Gasteiger partial charge in [0.05, 0.1) is 0 Å². The average Bonchev–Trinajstić information content (AvgIpc) is 3.47. The van der Waals surface area contributed by atoms with Crippen LogP contribution in [0.3, 0.4) is 0 Å². The third-order valence-corrected chi connectivity index (χ3v) is 12.3. The van der Waals surface area contributed by atoms with Gasteiger partial charge in [-0.15, -0.1) is 0 Å². The number of aryl methyl sites for hydroxylation is 4. The number of hydrogen-bond acceptors (Lipinski definition) is 0. The minimum absolute atomic E-state index is 0. The average molecular weight is 810 g/mol. The Kier molecular flexibility index (Phi) is 26.2. The molecule has 0 amide bonds. The zero-order chi connectivity index (χ0) is 39.8. The fourth-order valence-corrected chi connectivity index (χ4v) is 9.02. The van der Waals surface area contributed by atoms with Crippen LogP contribution in [0, 0.1) is 0 Å². The Balaban J connectivity index is 0.0000108. The summed E-state index contributed by atoms with van der Waals surface area (Å²) in [5, 5.41) is 0. The Morgan fingerprint density at radius 2 is 0.607 bits per heavy atom. The number of benzene rings is 2. The molecule has 0 radical (unpaired) electrons. The molecule has 3 rings (SSSR count). The maximum absolute atomic E-state index is 12.9. The van der Waals surface area contributed by atoms with Crippen LogP contribution in [0.25, 0.3) is 16.9 Å². The van der Waals surface area contributed by atoms with Crippen LogP contribution in [-0.4, -0.2) is 4.70 Å². The molecule has 2 aromatic carbocycles. The Morgan fingerprint density at radius 1 is 0.339 bits per heavy atom. The van der Waals surface area contributed by atoms with Gasteiger partial charge in [0.1, 0.15) is 0 Å². The summed E-state index contributed by atoms with van der Waals surface area (Å²) in [7, 11) is 0. The summed E-state index contributed by atoms with van der Waals surface area (Å²) in [5.41, 5.74) is 29.9. The van der Waals surface area contributed by atoms with Crippen LogP contribution in [0.5, 0.6) is 0 Å². The van der Waals surface area contributed by atoms with E-state index < -0.39 is 0 Å². The molecule has 1 aliphatic rings. The van der Waals surface area contributed by atoms with Gasteiger partial charge in [-0.05, 0) is 160 Å². The Bertz CT molecular complexity index is 1430. The maximum Gasteiger partial charge on any atom is 0.211 e. The van der Waals surface area contributed by atoms with E-state index in [1.807, 2.05) is 0 Å². The van der Waals surface area contributed by atoms with Crippen molar-refractivity contribution in [1.29, 1.82) is 0 Å². The van der Waals surface area contributed by atoms with Gasteiger partial charge in [0.25, 0.3) is 0 Å². The first-order valence-corrected chi connectivity index (χ1v) is 24.2. The van der Waals surface area contributed by atoms with Gasteiger partial charge in [-0.2, -0.15) is 0 Å². The van der Waals surface area contributed by atoms with Gasteiger partial charge in [-0.3, -0.25) is 0 Å². The van der Waals surface area contributed by atoms with E-state index in [2.05, 4.69) is 79.7 Å². The molecule has 0 saturated heterocycles. The molecule has 0 aromatic heterocycles. The van der Waals surface area contributed by atoms with Crippen molar-refractivity contribution in [3.8, 4) is 0 Å². The molecule has 0 fully saturated rings. The first-order chi connectivity index (χ1) is 26.9. The molecule has 0 atom stereocenters. The molecule has 0 bridgehead atoms. The predicted octanol–water partition coefficient (Wildman–Crippen LogP) is 17.2. The van der Waals surface area contributed by atoms with E-state index in [0.29, 0.717) is 0 Å². The van der Waals surface area contributed by atoms with Crippen molar-refractivity contribution in [3.05, 3.63) is 85.5 Å². The SMILES string of the molecule is CCCCCCc1c(CCCC)cc(C2=C(CCCC)C(CCCCC)=C(c3cc(CCCC)c(CCCCCC)c(CCCC)c3)[N+]2=[N-])cc1CCCC.[Ni]. The fourth-order valence-electron chi connectivity index (χ4n) is 9.02. The molecule has 3 heteroatoms. The van der Waals surface area contributed by atoms with Gasteiger partial charge in [0.2, 0.25) is 11.4 Å². The van der Waals surface area contributed by atoms with Crippen molar-refractivity contribution >= 4 is 11.4 Å². The summed E-state index contributed by atoms with van der Waals surface area (Å²) < 4.78 is 1.72. The van der Waals surface area contributed by atoms with Gasteiger partial charge in [0.15, 0.2) is 0 Å². The summed E-state index contributed by atoms with van der Waals surface area (Å²) in [6.07, 6.45) is 35.1. The van der Waals surface area contributed by atoms with E-state index in [9.17, 15) is 5.53 Å².